The first-order valence-corrected chi connectivity index (χ1v) is 24.6. The molecule has 0 atom stereocenters. The van der Waals surface area contributed by atoms with Gasteiger partial charge in [0.25, 0.3) is 6.71 Å². The van der Waals surface area contributed by atoms with Crippen molar-refractivity contribution < 1.29 is 0 Å². The van der Waals surface area contributed by atoms with E-state index < -0.39 is 0 Å². The molecule has 0 aliphatic carbocycles. The molecule has 10 aromatic rings. The lowest BCUT2D eigenvalue weighted by atomic mass is 9.28. The van der Waals surface area contributed by atoms with E-state index in [1.807, 2.05) is 0 Å². The van der Waals surface area contributed by atoms with Crippen LogP contribution in [0.1, 0.15) is 11.1 Å². The second-order valence-electron chi connectivity index (χ2n) is 19.7. The molecule has 5 nitrogen and oxygen atoms in total. The molecule has 16 rings (SSSR count). The fourth-order valence-corrected chi connectivity index (χ4v) is 13.4. The summed E-state index contributed by atoms with van der Waals surface area (Å²) in [5.74, 6) is 0. The van der Waals surface area contributed by atoms with Crippen LogP contribution in [0.3, 0.4) is 0 Å². The van der Waals surface area contributed by atoms with Crippen molar-refractivity contribution >= 4 is 133 Å². The van der Waals surface area contributed by atoms with Crippen LogP contribution in [-0.2, 0) is 0 Å². The lowest BCUT2D eigenvalue weighted by molar-refractivity contribution is 1.22. The predicted molar refractivity (Wildman–Crippen MR) is 297 cm³/mol. The van der Waals surface area contributed by atoms with Gasteiger partial charge < -0.3 is 24.3 Å². The van der Waals surface area contributed by atoms with Crippen LogP contribution in [0.25, 0.3) is 11.1 Å². The summed E-state index contributed by atoms with van der Waals surface area (Å²) >= 11 is 0. The summed E-state index contributed by atoms with van der Waals surface area (Å²) < 4.78 is 0. The molecule has 0 radical (unpaired) electrons. The average Bonchev–Trinajstić information content (AvgIpc) is 3.41. The highest BCUT2D eigenvalue weighted by atomic mass is 15.2. The van der Waals surface area contributed by atoms with Gasteiger partial charge in [-0.25, -0.2) is 0 Å². The van der Waals surface area contributed by atoms with E-state index >= 15 is 0 Å². The van der Waals surface area contributed by atoms with Crippen molar-refractivity contribution in [1.29, 1.82) is 0 Å². The van der Waals surface area contributed by atoms with E-state index in [4.69, 9.17) is 0 Å². The molecule has 70 heavy (non-hydrogen) atoms. The van der Waals surface area contributed by atoms with Gasteiger partial charge in [0, 0.05) is 73.8 Å². The molecular weight excluding hydrogens is 847 g/mol. The summed E-state index contributed by atoms with van der Waals surface area (Å²) in [6, 6.07) is 82.2. The molecule has 0 saturated carbocycles. The van der Waals surface area contributed by atoms with Gasteiger partial charge in [-0.05, 0) is 154 Å². The largest absolute Gasteiger partial charge is 0.376 e. The lowest BCUT2D eigenvalue weighted by Gasteiger charge is -2.56. The molecule has 10 aromatic carbocycles. The number of rotatable bonds is 5. The maximum absolute atomic E-state index is 2.70. The van der Waals surface area contributed by atoms with E-state index in [-0.39, 0.29) is 20.4 Å². The van der Waals surface area contributed by atoms with Crippen molar-refractivity contribution in [2.45, 2.75) is 13.8 Å². The van der Waals surface area contributed by atoms with E-state index in [0.717, 1.165) is 28.4 Å². The van der Waals surface area contributed by atoms with E-state index in [1.54, 1.807) is 0 Å². The van der Waals surface area contributed by atoms with E-state index in [9.17, 15) is 0 Å². The Morgan fingerprint density at radius 2 is 0.743 bits per heavy atom. The summed E-state index contributed by atoms with van der Waals surface area (Å²) in [7, 11) is 0. The van der Waals surface area contributed by atoms with Crippen LogP contribution in [0.4, 0.5) is 73.9 Å². The molecule has 0 N–H and O–H groups in total. The zero-order chi connectivity index (χ0) is 45.9. The van der Waals surface area contributed by atoms with Gasteiger partial charge >= 0.3 is 13.7 Å². The van der Waals surface area contributed by atoms with Crippen molar-refractivity contribution in [1.82, 2.24) is 0 Å². The fraction of sp³-hybridized carbons (Fsp3) is 0.0323. The van der Waals surface area contributed by atoms with Gasteiger partial charge in [0.1, 0.15) is 0 Å². The van der Waals surface area contributed by atoms with Gasteiger partial charge in [0.15, 0.2) is 0 Å². The maximum Gasteiger partial charge on any atom is 0.333 e. The van der Waals surface area contributed by atoms with E-state index in [2.05, 4.69) is 257 Å². The van der Waals surface area contributed by atoms with Crippen LogP contribution < -0.4 is 62.6 Å². The fourth-order valence-electron chi connectivity index (χ4n) is 13.4. The molecule has 0 saturated heterocycles. The molecule has 0 fully saturated rings. The molecule has 324 valence electrons. The minimum atomic E-state index is -0.139. The van der Waals surface area contributed by atoms with E-state index in [0.29, 0.717) is 0 Å². The molecule has 0 bridgehead atoms. The number of fused-ring (bicyclic) bond motifs is 12. The van der Waals surface area contributed by atoms with Crippen molar-refractivity contribution in [3.05, 3.63) is 230 Å². The van der Waals surface area contributed by atoms with Crippen LogP contribution in [-0.4, -0.2) is 20.4 Å². The molecule has 0 aromatic heterocycles. The molecule has 6 heterocycles. The Bertz CT molecular complexity index is 3620. The van der Waals surface area contributed by atoms with Crippen LogP contribution >= 0.6 is 0 Å². The number of para-hydroxylation sites is 6. The van der Waals surface area contributed by atoms with Crippen LogP contribution in [0.2, 0.25) is 0 Å². The first-order chi connectivity index (χ1) is 34.6. The Balaban J connectivity index is 1.14. The van der Waals surface area contributed by atoms with Gasteiger partial charge in [0.05, 0.1) is 5.69 Å². The second-order valence-corrected chi connectivity index (χ2v) is 19.7. The minimum Gasteiger partial charge on any atom is -0.376 e. The first-order valence-electron chi connectivity index (χ1n) is 24.6. The van der Waals surface area contributed by atoms with Gasteiger partial charge in [-0.1, -0.05) is 133 Å². The highest BCUT2D eigenvalue weighted by Crippen LogP contribution is 2.58. The SMILES string of the molecule is Cc1ccc2c(c1)N1c3ccccc3B3c4c5c6c7c(c41)B2c1ccc(C)cc1N7c1ccccc1B6N(c1ccccc1)c1cc(N(c2ccccc2)c2ccccc2)cc(c1-5)N3c1ccccc1. The van der Waals surface area contributed by atoms with Crippen molar-refractivity contribution in [3.63, 3.8) is 0 Å². The number of nitrogens with zero attached hydrogens (tertiary/aromatic N) is 5. The topological polar surface area (TPSA) is 16.2 Å². The van der Waals surface area contributed by atoms with Gasteiger partial charge in [-0.15, -0.1) is 0 Å². The van der Waals surface area contributed by atoms with Crippen molar-refractivity contribution in [2.75, 3.05) is 24.3 Å². The number of benzene rings is 10. The maximum atomic E-state index is 2.70. The highest BCUT2D eigenvalue weighted by Gasteiger charge is 2.59. The van der Waals surface area contributed by atoms with Crippen molar-refractivity contribution in [3.8, 4) is 11.1 Å². The number of aryl methyl sites for hydroxylation is 2. The molecule has 0 unspecified atom stereocenters. The molecular formula is C62H42B3N5. The average molecular weight is 889 g/mol. The molecule has 6 aliphatic heterocycles. The summed E-state index contributed by atoms with van der Waals surface area (Å²) in [5.41, 5.74) is 30.4. The number of hydrogen-bond acceptors (Lipinski definition) is 5. The van der Waals surface area contributed by atoms with Crippen LogP contribution in [0.5, 0.6) is 0 Å². The summed E-state index contributed by atoms with van der Waals surface area (Å²) in [4.78, 5) is 13.2. The smallest absolute Gasteiger partial charge is 0.333 e. The van der Waals surface area contributed by atoms with Crippen LogP contribution in [0, 0.1) is 13.8 Å². The Labute approximate surface area is 409 Å². The minimum absolute atomic E-state index is 0.0212. The summed E-state index contributed by atoms with van der Waals surface area (Å²) in [6.45, 7) is 4.24. The second kappa shape index (κ2) is 14.0. The zero-order valence-electron chi connectivity index (χ0n) is 38.8. The third-order valence-electron chi connectivity index (χ3n) is 16.0. The van der Waals surface area contributed by atoms with Gasteiger partial charge in [0.2, 0.25) is 0 Å². The molecule has 8 heteroatoms. The third-order valence-corrected chi connectivity index (χ3v) is 16.0. The van der Waals surface area contributed by atoms with Gasteiger partial charge in [-0.3, -0.25) is 0 Å². The first kappa shape index (κ1) is 38.4. The molecule has 6 aliphatic rings. The summed E-state index contributed by atoms with van der Waals surface area (Å²) in [5, 5.41) is 0. The monoisotopic (exact) mass is 889 g/mol. The molecule has 0 amide bonds. The summed E-state index contributed by atoms with van der Waals surface area (Å²) in [6.07, 6.45) is 0. The van der Waals surface area contributed by atoms with E-state index in [1.165, 1.54) is 106 Å². The Kier molecular flexibility index (Phi) is 7.67. The lowest BCUT2D eigenvalue weighted by Crippen LogP contribution is -2.74. The number of anilines is 13. The zero-order valence-corrected chi connectivity index (χ0v) is 38.8. The quantitative estimate of drug-likeness (QED) is 0.160. The normalized spacial score (nSPS) is 14.2. The highest BCUT2D eigenvalue weighted by molar-refractivity contribution is 7.05. The standard InChI is InChI=1S/C62H42B3N5/c1-39-31-33-46-52(35-39)67-50-29-17-15-27-48(50)64-58-57-56-54(69(64)43-23-11-5-12-24-43)37-45(66(41-19-7-3-8-20-41)42-21-9-4-10-22-42)38-55(56)70(44-25-13-6-14-26-44)65-49-28-16-18-30-51(49)68-53-36-40(2)32-34-47(53)63(46)60(61(58)67)62(68)59(57)65/h3-38H,1-2H3. The van der Waals surface area contributed by atoms with Crippen LogP contribution in [0.15, 0.2) is 218 Å². The molecule has 0 spiro atoms. The Morgan fingerprint density at radius 1 is 0.329 bits per heavy atom. The Hall–Kier alpha value is -8.61. The Morgan fingerprint density at radius 3 is 1.20 bits per heavy atom. The number of hydrogen-bond donors (Lipinski definition) is 0. The van der Waals surface area contributed by atoms with Gasteiger partial charge in [-0.2, -0.15) is 0 Å². The third kappa shape index (κ3) is 4.90. The predicted octanol–water partition coefficient (Wildman–Crippen LogP) is 10.7. The van der Waals surface area contributed by atoms with Crippen molar-refractivity contribution in [2.24, 2.45) is 0 Å².